The Morgan fingerprint density at radius 2 is 1.92 bits per heavy atom. The van der Waals surface area contributed by atoms with Crippen molar-refractivity contribution in [1.29, 1.82) is 0 Å². The van der Waals surface area contributed by atoms with Crippen LogP contribution in [0.4, 0.5) is 10.5 Å². The van der Waals surface area contributed by atoms with E-state index in [0.29, 0.717) is 31.6 Å². The fourth-order valence-corrected chi connectivity index (χ4v) is 3.57. The molecule has 0 bridgehead atoms. The second-order valence-corrected chi connectivity index (χ2v) is 7.65. The highest BCUT2D eigenvalue weighted by molar-refractivity contribution is 6.61. The molecule has 1 aromatic rings. The molecule has 1 aromatic carbocycles. The number of benzene rings is 1. The van der Waals surface area contributed by atoms with Gasteiger partial charge in [0.15, 0.2) is 0 Å². The lowest BCUT2D eigenvalue weighted by Crippen LogP contribution is -2.49. The lowest BCUT2D eigenvalue weighted by molar-refractivity contribution is -0.122. The molecule has 2 aliphatic heterocycles. The Hall–Kier alpha value is -2.06. The van der Waals surface area contributed by atoms with E-state index in [1.54, 1.807) is 17.0 Å². The molecule has 1 fully saturated rings. The number of anilines is 1. The summed E-state index contributed by atoms with van der Waals surface area (Å²) in [6.45, 7) is 6.28. The largest absolute Gasteiger partial charge is 0.490 e. The van der Waals surface area contributed by atoms with Gasteiger partial charge in [-0.25, -0.2) is 4.79 Å². The fraction of sp³-hybridized carbons (Fsp3) is 0.529. The first-order chi connectivity index (χ1) is 11.6. The van der Waals surface area contributed by atoms with Crippen LogP contribution in [0.3, 0.4) is 0 Å². The zero-order chi connectivity index (χ0) is 18.4. The third kappa shape index (κ3) is 3.11. The number of carbonyl (C=O) groups excluding carboxylic acids is 2. The molecule has 0 atom stereocenters. The molecule has 0 aromatic heterocycles. The molecule has 2 heterocycles. The second kappa shape index (κ2) is 6.03. The summed E-state index contributed by atoms with van der Waals surface area (Å²) >= 11 is 0. The van der Waals surface area contributed by atoms with Crippen molar-refractivity contribution in [2.24, 2.45) is 0 Å². The van der Waals surface area contributed by atoms with Crippen molar-refractivity contribution in [3.63, 3.8) is 0 Å². The normalized spacial score (nSPS) is 18.8. The van der Waals surface area contributed by atoms with Crippen LogP contribution in [0.1, 0.15) is 39.2 Å². The maximum absolute atomic E-state index is 12.7. The summed E-state index contributed by atoms with van der Waals surface area (Å²) in [7, 11) is -1.65. The van der Waals surface area contributed by atoms with Gasteiger partial charge in [0, 0.05) is 24.2 Å². The van der Waals surface area contributed by atoms with Crippen LogP contribution < -0.4 is 10.8 Å². The van der Waals surface area contributed by atoms with Gasteiger partial charge >= 0.3 is 13.2 Å². The SMILES string of the molecule is CC(C)(C)OC(=O)N1CCC2(CC1)C(=O)Nc1c(B(O)O)cccc12. The maximum Gasteiger partial charge on any atom is 0.490 e. The molecule has 1 spiro atoms. The molecule has 25 heavy (non-hydrogen) atoms. The Kier molecular flexibility index (Phi) is 4.29. The number of nitrogens with zero attached hydrogens (tertiary/aromatic N) is 1. The van der Waals surface area contributed by atoms with Crippen molar-refractivity contribution in [3.05, 3.63) is 23.8 Å². The van der Waals surface area contributed by atoms with Crippen molar-refractivity contribution in [3.8, 4) is 0 Å². The van der Waals surface area contributed by atoms with E-state index in [1.165, 1.54) is 0 Å². The Balaban J connectivity index is 1.82. The number of likely N-dealkylation sites (tertiary alicyclic amines) is 1. The van der Waals surface area contributed by atoms with Crippen molar-refractivity contribution < 1.29 is 24.4 Å². The minimum atomic E-state index is -1.65. The Labute approximate surface area is 147 Å². The average Bonchev–Trinajstić information content (AvgIpc) is 2.78. The van der Waals surface area contributed by atoms with Crippen LogP contribution in [0, 0.1) is 0 Å². The van der Waals surface area contributed by atoms with E-state index >= 15 is 0 Å². The molecule has 1 saturated heterocycles. The van der Waals surface area contributed by atoms with E-state index in [2.05, 4.69) is 5.32 Å². The number of fused-ring (bicyclic) bond motifs is 2. The van der Waals surface area contributed by atoms with Gasteiger partial charge in [-0.1, -0.05) is 18.2 Å². The second-order valence-electron chi connectivity index (χ2n) is 7.65. The van der Waals surface area contributed by atoms with Crippen molar-refractivity contribution in [2.45, 2.75) is 44.6 Å². The molecule has 7 nitrogen and oxygen atoms in total. The monoisotopic (exact) mass is 346 g/mol. The van der Waals surface area contributed by atoms with E-state index in [-0.39, 0.29) is 17.5 Å². The van der Waals surface area contributed by atoms with Gasteiger partial charge in [-0.15, -0.1) is 0 Å². The van der Waals surface area contributed by atoms with Crippen molar-refractivity contribution in [1.82, 2.24) is 4.90 Å². The zero-order valence-electron chi connectivity index (χ0n) is 14.7. The quantitative estimate of drug-likeness (QED) is 0.647. The minimum Gasteiger partial charge on any atom is -0.444 e. The average molecular weight is 346 g/mol. The highest BCUT2D eigenvalue weighted by atomic mass is 16.6. The van der Waals surface area contributed by atoms with E-state index in [1.807, 2.05) is 26.8 Å². The van der Waals surface area contributed by atoms with Crippen LogP contribution in [0.5, 0.6) is 0 Å². The predicted molar refractivity (Wildman–Crippen MR) is 93.6 cm³/mol. The molecule has 0 radical (unpaired) electrons. The van der Waals surface area contributed by atoms with Crippen LogP contribution in [-0.2, 0) is 14.9 Å². The smallest absolute Gasteiger partial charge is 0.444 e. The summed E-state index contributed by atoms with van der Waals surface area (Å²) in [4.78, 5) is 26.5. The van der Waals surface area contributed by atoms with E-state index < -0.39 is 18.1 Å². The van der Waals surface area contributed by atoms with Gasteiger partial charge in [0.2, 0.25) is 5.91 Å². The highest BCUT2D eigenvalue weighted by Crippen LogP contribution is 2.44. The van der Waals surface area contributed by atoms with Gasteiger partial charge in [-0.3, -0.25) is 4.79 Å². The number of nitrogens with one attached hydrogen (secondary N) is 1. The fourth-order valence-electron chi connectivity index (χ4n) is 3.57. The number of rotatable bonds is 1. The molecular weight excluding hydrogens is 323 g/mol. The summed E-state index contributed by atoms with van der Waals surface area (Å²) in [6, 6.07) is 5.14. The van der Waals surface area contributed by atoms with Gasteiger partial charge in [-0.05, 0) is 39.2 Å². The van der Waals surface area contributed by atoms with Crippen molar-refractivity contribution >= 4 is 30.3 Å². The Morgan fingerprint density at radius 1 is 1.28 bits per heavy atom. The maximum atomic E-state index is 12.7. The van der Waals surface area contributed by atoms with Crippen LogP contribution >= 0.6 is 0 Å². The topological polar surface area (TPSA) is 99.1 Å². The first-order valence-electron chi connectivity index (χ1n) is 8.43. The van der Waals surface area contributed by atoms with Crippen LogP contribution in [0.25, 0.3) is 0 Å². The summed E-state index contributed by atoms with van der Waals surface area (Å²) in [6.07, 6.45) is 0.562. The lowest BCUT2D eigenvalue weighted by atomic mass is 9.71. The summed E-state index contributed by atoms with van der Waals surface area (Å²) < 4.78 is 5.40. The summed E-state index contributed by atoms with van der Waals surface area (Å²) in [5.41, 5.74) is 0.242. The lowest BCUT2D eigenvalue weighted by Gasteiger charge is -2.38. The number of hydrogen-bond acceptors (Lipinski definition) is 5. The van der Waals surface area contributed by atoms with Gasteiger partial charge in [-0.2, -0.15) is 0 Å². The third-order valence-electron chi connectivity index (χ3n) is 4.83. The molecule has 3 rings (SSSR count). The van der Waals surface area contributed by atoms with E-state index in [4.69, 9.17) is 4.74 Å². The number of carbonyl (C=O) groups is 2. The molecular formula is C17H23BN2O5. The summed E-state index contributed by atoms with van der Waals surface area (Å²) in [5, 5.41) is 21.8. The minimum absolute atomic E-state index is 0.153. The van der Waals surface area contributed by atoms with Gasteiger partial charge in [0.05, 0.1) is 5.41 Å². The van der Waals surface area contributed by atoms with Gasteiger partial charge < -0.3 is 25.0 Å². The molecule has 0 saturated carbocycles. The standard InChI is InChI=1S/C17H23BN2O5/c1-16(2,3)25-15(22)20-9-7-17(8-10-20)11-5-4-6-12(18(23)24)13(11)19-14(17)21/h4-6,23-24H,7-10H2,1-3H3,(H,19,21). The third-order valence-corrected chi connectivity index (χ3v) is 4.83. The molecule has 2 amide bonds. The predicted octanol–water partition coefficient (Wildman–Crippen LogP) is 0.587. The van der Waals surface area contributed by atoms with Crippen LogP contribution in [0.15, 0.2) is 18.2 Å². The highest BCUT2D eigenvalue weighted by Gasteiger charge is 2.50. The molecule has 0 unspecified atom stereocenters. The zero-order valence-corrected chi connectivity index (χ0v) is 14.7. The number of ether oxygens (including phenoxy) is 1. The number of hydrogen-bond donors (Lipinski definition) is 3. The molecule has 3 N–H and O–H groups in total. The molecule has 134 valence electrons. The summed E-state index contributed by atoms with van der Waals surface area (Å²) in [5.74, 6) is -0.153. The first kappa shape index (κ1) is 17.8. The van der Waals surface area contributed by atoms with Crippen LogP contribution in [-0.4, -0.2) is 52.8 Å². The van der Waals surface area contributed by atoms with Gasteiger partial charge in [0.25, 0.3) is 0 Å². The van der Waals surface area contributed by atoms with E-state index in [9.17, 15) is 19.6 Å². The van der Waals surface area contributed by atoms with Gasteiger partial charge in [0.1, 0.15) is 5.60 Å². The number of piperidine rings is 1. The Bertz CT molecular complexity index is 705. The Morgan fingerprint density at radius 3 is 2.48 bits per heavy atom. The number of amides is 2. The molecule has 0 aliphatic carbocycles. The van der Waals surface area contributed by atoms with E-state index in [0.717, 1.165) is 5.56 Å². The first-order valence-corrected chi connectivity index (χ1v) is 8.43. The molecule has 8 heteroatoms. The number of para-hydroxylation sites is 1. The van der Waals surface area contributed by atoms with Crippen LogP contribution in [0.2, 0.25) is 0 Å². The van der Waals surface area contributed by atoms with Crippen molar-refractivity contribution in [2.75, 3.05) is 18.4 Å². The molecule has 2 aliphatic rings.